The number of carbonyl (C=O) groups is 1. The van der Waals surface area contributed by atoms with E-state index in [4.69, 9.17) is 17.3 Å². The SMILES string of the molecule is Cc1ccc(Cl)cc1NC(=O)CSc1cc(N)cc(F)c1. The molecule has 6 heteroatoms. The molecule has 3 N–H and O–H groups in total. The first-order valence-corrected chi connectivity index (χ1v) is 7.55. The van der Waals surface area contributed by atoms with E-state index >= 15 is 0 Å². The molecule has 0 atom stereocenters. The number of aryl methyl sites for hydroxylation is 1. The number of nitrogens with two attached hydrogens (primary N) is 1. The lowest BCUT2D eigenvalue weighted by molar-refractivity contribution is -0.113. The van der Waals surface area contributed by atoms with E-state index in [9.17, 15) is 9.18 Å². The zero-order valence-corrected chi connectivity index (χ0v) is 12.9. The van der Waals surface area contributed by atoms with Crippen LogP contribution < -0.4 is 11.1 Å². The number of hydrogen-bond donors (Lipinski definition) is 2. The maximum atomic E-state index is 13.2. The zero-order chi connectivity index (χ0) is 15.4. The van der Waals surface area contributed by atoms with Crippen molar-refractivity contribution in [3.8, 4) is 0 Å². The summed E-state index contributed by atoms with van der Waals surface area (Å²) in [5.74, 6) is -0.439. The minimum Gasteiger partial charge on any atom is -0.399 e. The van der Waals surface area contributed by atoms with Crippen molar-refractivity contribution in [2.24, 2.45) is 0 Å². The molecule has 2 rings (SSSR count). The lowest BCUT2D eigenvalue weighted by atomic mass is 10.2. The van der Waals surface area contributed by atoms with Crippen molar-refractivity contribution in [2.75, 3.05) is 16.8 Å². The Morgan fingerprint density at radius 2 is 2.10 bits per heavy atom. The molecule has 0 saturated carbocycles. The number of halogens is 2. The molecule has 110 valence electrons. The topological polar surface area (TPSA) is 55.1 Å². The van der Waals surface area contributed by atoms with E-state index in [-0.39, 0.29) is 11.7 Å². The van der Waals surface area contributed by atoms with Gasteiger partial charge in [0.2, 0.25) is 5.91 Å². The maximum absolute atomic E-state index is 13.2. The number of nitrogen functional groups attached to an aromatic ring is 1. The molecule has 0 radical (unpaired) electrons. The molecule has 0 fully saturated rings. The van der Waals surface area contributed by atoms with Gasteiger partial charge in [0, 0.05) is 21.3 Å². The molecule has 3 nitrogen and oxygen atoms in total. The van der Waals surface area contributed by atoms with E-state index in [1.807, 2.05) is 13.0 Å². The van der Waals surface area contributed by atoms with Crippen LogP contribution in [0.3, 0.4) is 0 Å². The van der Waals surface area contributed by atoms with E-state index in [1.54, 1.807) is 18.2 Å². The van der Waals surface area contributed by atoms with Crippen molar-refractivity contribution in [3.63, 3.8) is 0 Å². The molecule has 0 aromatic heterocycles. The summed E-state index contributed by atoms with van der Waals surface area (Å²) >= 11 is 7.12. The number of rotatable bonds is 4. The molecule has 2 aromatic carbocycles. The Hall–Kier alpha value is -1.72. The van der Waals surface area contributed by atoms with Gasteiger partial charge >= 0.3 is 0 Å². The van der Waals surface area contributed by atoms with Crippen molar-refractivity contribution in [1.29, 1.82) is 0 Å². The molecular formula is C15H14ClFN2OS. The minimum atomic E-state index is -0.413. The highest BCUT2D eigenvalue weighted by Crippen LogP contribution is 2.24. The van der Waals surface area contributed by atoms with Gasteiger partial charge in [-0.05, 0) is 42.8 Å². The number of benzene rings is 2. The molecule has 0 aliphatic heterocycles. The second-order valence-corrected chi connectivity index (χ2v) is 6.00. The van der Waals surface area contributed by atoms with E-state index in [2.05, 4.69) is 5.32 Å². The number of carbonyl (C=O) groups excluding carboxylic acids is 1. The molecular weight excluding hydrogens is 311 g/mol. The predicted octanol–water partition coefficient (Wildman–Crippen LogP) is 4.10. The summed E-state index contributed by atoms with van der Waals surface area (Å²) in [6, 6.07) is 9.50. The predicted molar refractivity (Wildman–Crippen MR) is 86.4 cm³/mol. The summed E-state index contributed by atoms with van der Waals surface area (Å²) in [7, 11) is 0. The standard InChI is InChI=1S/C15H14ClFN2OS/c1-9-2-3-10(16)4-14(9)19-15(20)8-21-13-6-11(17)5-12(18)7-13/h2-7H,8,18H2,1H3,(H,19,20). The Labute approximate surface area is 131 Å². The fourth-order valence-corrected chi connectivity index (χ4v) is 2.69. The first-order valence-electron chi connectivity index (χ1n) is 6.19. The van der Waals surface area contributed by atoms with Gasteiger partial charge < -0.3 is 11.1 Å². The smallest absolute Gasteiger partial charge is 0.234 e. The van der Waals surface area contributed by atoms with E-state index in [0.29, 0.717) is 21.3 Å². The molecule has 2 aromatic rings. The zero-order valence-electron chi connectivity index (χ0n) is 11.3. The molecule has 0 heterocycles. The number of nitrogens with one attached hydrogen (secondary N) is 1. The van der Waals surface area contributed by atoms with Gasteiger partial charge in [0.1, 0.15) is 5.82 Å². The monoisotopic (exact) mass is 324 g/mol. The van der Waals surface area contributed by atoms with Gasteiger partial charge in [0.25, 0.3) is 0 Å². The van der Waals surface area contributed by atoms with Gasteiger partial charge in [0.15, 0.2) is 0 Å². The lowest BCUT2D eigenvalue weighted by Crippen LogP contribution is -2.14. The Morgan fingerprint density at radius 1 is 1.33 bits per heavy atom. The van der Waals surface area contributed by atoms with Crippen LogP contribution in [0.1, 0.15) is 5.56 Å². The van der Waals surface area contributed by atoms with Gasteiger partial charge in [-0.15, -0.1) is 11.8 Å². The third-order valence-corrected chi connectivity index (χ3v) is 3.95. The van der Waals surface area contributed by atoms with Gasteiger partial charge in [-0.3, -0.25) is 4.79 Å². The Balaban J connectivity index is 1.97. The van der Waals surface area contributed by atoms with Crippen LogP contribution in [-0.2, 0) is 4.79 Å². The Morgan fingerprint density at radius 3 is 2.81 bits per heavy atom. The maximum Gasteiger partial charge on any atom is 0.234 e. The summed E-state index contributed by atoms with van der Waals surface area (Å²) in [5.41, 5.74) is 7.49. The molecule has 0 aliphatic rings. The van der Waals surface area contributed by atoms with Crippen molar-refractivity contribution in [2.45, 2.75) is 11.8 Å². The average molecular weight is 325 g/mol. The largest absolute Gasteiger partial charge is 0.399 e. The summed E-state index contributed by atoms with van der Waals surface area (Å²) in [5, 5.41) is 3.34. The third kappa shape index (κ3) is 4.65. The number of anilines is 2. The summed E-state index contributed by atoms with van der Waals surface area (Å²) in [6.45, 7) is 1.88. The van der Waals surface area contributed by atoms with E-state index < -0.39 is 5.82 Å². The average Bonchev–Trinajstić information content (AvgIpc) is 2.40. The highest BCUT2D eigenvalue weighted by atomic mass is 35.5. The fourth-order valence-electron chi connectivity index (χ4n) is 1.73. The van der Waals surface area contributed by atoms with Crippen molar-refractivity contribution in [1.82, 2.24) is 0 Å². The summed E-state index contributed by atoms with van der Waals surface area (Å²) < 4.78 is 13.2. The number of amides is 1. The van der Waals surface area contributed by atoms with Gasteiger partial charge in [-0.1, -0.05) is 17.7 Å². The fraction of sp³-hybridized carbons (Fsp3) is 0.133. The summed E-state index contributed by atoms with van der Waals surface area (Å²) in [4.78, 5) is 12.5. The van der Waals surface area contributed by atoms with Crippen LogP contribution in [0.15, 0.2) is 41.3 Å². The molecule has 21 heavy (non-hydrogen) atoms. The van der Waals surface area contributed by atoms with Crippen LogP contribution in [0.2, 0.25) is 5.02 Å². The normalized spacial score (nSPS) is 10.4. The summed E-state index contributed by atoms with van der Waals surface area (Å²) in [6.07, 6.45) is 0. The first-order chi connectivity index (χ1) is 9.94. The van der Waals surface area contributed by atoms with Crippen LogP contribution in [0.5, 0.6) is 0 Å². The van der Waals surface area contributed by atoms with E-state index in [0.717, 1.165) is 5.56 Å². The van der Waals surface area contributed by atoms with Crippen LogP contribution in [0.25, 0.3) is 0 Å². The molecule has 0 bridgehead atoms. The quantitative estimate of drug-likeness (QED) is 0.657. The first kappa shape index (κ1) is 15.7. The molecule has 0 aliphatic carbocycles. The number of thioether (sulfide) groups is 1. The number of hydrogen-bond acceptors (Lipinski definition) is 3. The molecule has 0 spiro atoms. The van der Waals surface area contributed by atoms with Gasteiger partial charge in [-0.25, -0.2) is 4.39 Å². The minimum absolute atomic E-state index is 0.162. The van der Waals surface area contributed by atoms with Crippen molar-refractivity contribution < 1.29 is 9.18 Å². The van der Waals surface area contributed by atoms with E-state index in [1.165, 1.54) is 23.9 Å². The Bertz CT molecular complexity index is 658. The van der Waals surface area contributed by atoms with Crippen LogP contribution in [0.4, 0.5) is 15.8 Å². The highest BCUT2D eigenvalue weighted by molar-refractivity contribution is 8.00. The second-order valence-electron chi connectivity index (χ2n) is 4.52. The van der Waals surface area contributed by atoms with Crippen LogP contribution in [-0.4, -0.2) is 11.7 Å². The van der Waals surface area contributed by atoms with Gasteiger partial charge in [0.05, 0.1) is 5.75 Å². The van der Waals surface area contributed by atoms with Gasteiger partial charge in [-0.2, -0.15) is 0 Å². The molecule has 0 saturated heterocycles. The van der Waals surface area contributed by atoms with Crippen LogP contribution >= 0.6 is 23.4 Å². The van der Waals surface area contributed by atoms with Crippen LogP contribution in [0, 0.1) is 12.7 Å². The van der Waals surface area contributed by atoms with Crippen molar-refractivity contribution >= 4 is 40.6 Å². The third-order valence-electron chi connectivity index (χ3n) is 2.74. The second kappa shape index (κ2) is 6.83. The lowest BCUT2D eigenvalue weighted by Gasteiger charge is -2.09. The molecule has 0 unspecified atom stereocenters. The Kier molecular flexibility index (Phi) is 5.09. The highest BCUT2D eigenvalue weighted by Gasteiger charge is 2.07. The molecule has 1 amide bonds. The van der Waals surface area contributed by atoms with Crippen molar-refractivity contribution in [3.05, 3.63) is 52.8 Å².